The minimum atomic E-state index is -4.72. The maximum atomic E-state index is 13.6. The van der Waals surface area contributed by atoms with Crippen molar-refractivity contribution in [1.29, 1.82) is 0 Å². The van der Waals surface area contributed by atoms with Gasteiger partial charge in [0.25, 0.3) is 5.91 Å². The number of hydrogen-bond donors (Lipinski definition) is 1. The van der Waals surface area contributed by atoms with Crippen molar-refractivity contribution < 1.29 is 22.4 Å². The zero-order valence-electron chi connectivity index (χ0n) is 13.9. The van der Waals surface area contributed by atoms with E-state index in [9.17, 15) is 18.0 Å². The normalized spacial score (nSPS) is 11.7. The molecule has 0 fully saturated rings. The second-order valence-electron chi connectivity index (χ2n) is 5.72. The number of rotatable bonds is 3. The highest BCUT2D eigenvalue weighted by atomic mass is 79.9. The van der Waals surface area contributed by atoms with Crippen LogP contribution in [-0.4, -0.2) is 20.5 Å². The molecule has 1 N–H and O–H groups in total. The summed E-state index contributed by atoms with van der Waals surface area (Å²) in [5.74, 6) is -0.507. The van der Waals surface area contributed by atoms with Crippen LogP contribution in [0.3, 0.4) is 0 Å². The van der Waals surface area contributed by atoms with Crippen LogP contribution in [0.2, 0.25) is 0 Å². The first-order valence-corrected chi connectivity index (χ1v) is 8.70. The first-order chi connectivity index (χ1) is 13.3. The Kier molecular flexibility index (Phi) is 4.42. The van der Waals surface area contributed by atoms with Gasteiger partial charge in [-0.25, -0.2) is 9.50 Å². The zero-order chi connectivity index (χ0) is 19.9. The number of benzene rings is 1. The van der Waals surface area contributed by atoms with E-state index in [2.05, 4.69) is 31.3 Å². The fraction of sp³-hybridized carbons (Fsp3) is 0.0556. The summed E-state index contributed by atoms with van der Waals surface area (Å²) < 4.78 is 46.6. The molecule has 0 aliphatic heterocycles. The second kappa shape index (κ2) is 6.79. The van der Waals surface area contributed by atoms with Gasteiger partial charge in [-0.2, -0.15) is 18.3 Å². The first kappa shape index (κ1) is 18.2. The van der Waals surface area contributed by atoms with Gasteiger partial charge in [0.15, 0.2) is 22.8 Å². The van der Waals surface area contributed by atoms with Crippen LogP contribution in [0, 0.1) is 0 Å². The lowest BCUT2D eigenvalue weighted by atomic mass is 10.2. The van der Waals surface area contributed by atoms with Crippen LogP contribution in [-0.2, 0) is 6.18 Å². The van der Waals surface area contributed by atoms with E-state index in [4.69, 9.17) is 4.42 Å². The number of halogens is 4. The molecule has 0 aliphatic carbocycles. The van der Waals surface area contributed by atoms with Crippen LogP contribution < -0.4 is 5.32 Å². The number of furan rings is 1. The van der Waals surface area contributed by atoms with E-state index < -0.39 is 17.8 Å². The second-order valence-corrected chi connectivity index (χ2v) is 6.51. The Morgan fingerprint density at radius 2 is 1.89 bits per heavy atom. The molecule has 0 atom stereocenters. The molecule has 6 nitrogen and oxygen atoms in total. The third-order valence-electron chi connectivity index (χ3n) is 3.84. The van der Waals surface area contributed by atoms with Gasteiger partial charge in [-0.05, 0) is 46.3 Å². The van der Waals surface area contributed by atoms with Crippen molar-refractivity contribution in [3.63, 3.8) is 0 Å². The minimum absolute atomic E-state index is 0.0274. The molecular weight excluding hydrogens is 441 g/mol. The third-order valence-corrected chi connectivity index (χ3v) is 4.57. The van der Waals surface area contributed by atoms with E-state index in [1.165, 1.54) is 12.3 Å². The van der Waals surface area contributed by atoms with Gasteiger partial charge in [-0.3, -0.25) is 4.79 Å². The van der Waals surface area contributed by atoms with E-state index in [0.29, 0.717) is 10.2 Å². The molecule has 10 heteroatoms. The van der Waals surface area contributed by atoms with Gasteiger partial charge in [-0.1, -0.05) is 18.2 Å². The largest absolute Gasteiger partial charge is 0.463 e. The fourth-order valence-electron chi connectivity index (χ4n) is 2.60. The van der Waals surface area contributed by atoms with E-state index in [-0.39, 0.29) is 27.3 Å². The Morgan fingerprint density at radius 3 is 2.54 bits per heavy atom. The minimum Gasteiger partial charge on any atom is -0.463 e. The number of hydrogen-bond acceptors (Lipinski definition) is 4. The highest BCUT2D eigenvalue weighted by molar-refractivity contribution is 9.10. The number of carbonyl (C=O) groups excluding carboxylic acids is 1. The fourth-order valence-corrected chi connectivity index (χ4v) is 3.12. The number of nitrogens with zero attached hydrogens (tertiary/aromatic N) is 3. The van der Waals surface area contributed by atoms with Gasteiger partial charge >= 0.3 is 6.18 Å². The van der Waals surface area contributed by atoms with E-state index in [0.717, 1.165) is 6.07 Å². The Morgan fingerprint density at radius 1 is 1.14 bits per heavy atom. The molecule has 142 valence electrons. The van der Waals surface area contributed by atoms with Crippen molar-refractivity contribution in [1.82, 2.24) is 14.6 Å². The van der Waals surface area contributed by atoms with Crippen molar-refractivity contribution >= 4 is 33.2 Å². The predicted octanol–water partition coefficient (Wildman–Crippen LogP) is 5.02. The summed E-state index contributed by atoms with van der Waals surface area (Å²) in [4.78, 5) is 16.7. The molecule has 0 radical (unpaired) electrons. The molecule has 0 spiro atoms. The van der Waals surface area contributed by atoms with Gasteiger partial charge in [0.1, 0.15) is 5.69 Å². The number of nitrogens with one attached hydrogen (secondary N) is 1. The first-order valence-electron chi connectivity index (χ1n) is 7.91. The number of fused-ring (bicyclic) bond motifs is 1. The molecule has 0 bridgehead atoms. The molecule has 4 rings (SSSR count). The molecule has 1 amide bonds. The van der Waals surface area contributed by atoms with Crippen molar-refractivity contribution in [3.05, 3.63) is 70.7 Å². The van der Waals surface area contributed by atoms with Crippen molar-refractivity contribution in [2.75, 3.05) is 5.32 Å². The molecule has 28 heavy (non-hydrogen) atoms. The average Bonchev–Trinajstić information content (AvgIpc) is 3.30. The van der Waals surface area contributed by atoms with Crippen LogP contribution >= 0.6 is 15.9 Å². The smallest absolute Gasteiger partial charge is 0.433 e. The summed E-state index contributed by atoms with van der Waals surface area (Å²) in [6.07, 6.45) is -3.39. The standard InChI is InChI=1S/C18H10BrF3N4O2/c19-14-15(17(27)23-10-5-2-1-3-6-10)25-26-13(18(20,21)22)9-11(24-16(14)26)12-7-4-8-28-12/h1-9H,(H,23,27). The quantitative estimate of drug-likeness (QED) is 0.475. The zero-order valence-corrected chi connectivity index (χ0v) is 15.5. The number of anilines is 1. The lowest BCUT2D eigenvalue weighted by molar-refractivity contribution is -0.142. The van der Waals surface area contributed by atoms with Crippen molar-refractivity contribution in [2.24, 2.45) is 0 Å². The van der Waals surface area contributed by atoms with Gasteiger partial charge in [0.05, 0.1) is 10.7 Å². The number of aromatic nitrogens is 3. The number of alkyl halides is 3. The molecule has 0 saturated carbocycles. The maximum Gasteiger partial charge on any atom is 0.433 e. The van der Waals surface area contributed by atoms with E-state index >= 15 is 0 Å². The van der Waals surface area contributed by atoms with Gasteiger partial charge in [-0.15, -0.1) is 0 Å². The summed E-state index contributed by atoms with van der Waals surface area (Å²) in [6, 6.07) is 12.4. The molecule has 4 aromatic rings. The Labute approximate surface area is 164 Å². The SMILES string of the molecule is O=C(Nc1ccccc1)c1nn2c(C(F)(F)F)cc(-c3ccco3)nc2c1Br. The lowest BCUT2D eigenvalue weighted by Crippen LogP contribution is -2.15. The molecular formula is C18H10BrF3N4O2. The summed E-state index contributed by atoms with van der Waals surface area (Å²) in [5.41, 5.74) is -1.00. The highest BCUT2D eigenvalue weighted by Crippen LogP contribution is 2.34. The molecule has 1 aromatic carbocycles. The van der Waals surface area contributed by atoms with Gasteiger partial charge in [0, 0.05) is 5.69 Å². The highest BCUT2D eigenvalue weighted by Gasteiger charge is 2.37. The number of amides is 1. The van der Waals surface area contributed by atoms with E-state index in [1.54, 1.807) is 36.4 Å². The number of carbonyl (C=O) groups is 1. The van der Waals surface area contributed by atoms with Gasteiger partial charge in [0.2, 0.25) is 0 Å². The van der Waals surface area contributed by atoms with Crippen molar-refractivity contribution in [2.45, 2.75) is 6.18 Å². The third kappa shape index (κ3) is 3.26. The van der Waals surface area contributed by atoms with Crippen LogP contribution in [0.1, 0.15) is 16.2 Å². The lowest BCUT2D eigenvalue weighted by Gasteiger charge is -2.10. The summed E-state index contributed by atoms with van der Waals surface area (Å²) in [5, 5.41) is 6.43. The summed E-state index contributed by atoms with van der Waals surface area (Å²) in [6.45, 7) is 0. The topological polar surface area (TPSA) is 72.4 Å². The molecule has 0 unspecified atom stereocenters. The van der Waals surface area contributed by atoms with E-state index in [1.807, 2.05) is 0 Å². The van der Waals surface area contributed by atoms with Crippen LogP contribution in [0.15, 0.2) is 63.7 Å². The van der Waals surface area contributed by atoms with Crippen LogP contribution in [0.4, 0.5) is 18.9 Å². The Bertz CT molecular complexity index is 1160. The van der Waals surface area contributed by atoms with Gasteiger partial charge < -0.3 is 9.73 Å². The average molecular weight is 451 g/mol. The molecule has 3 aromatic heterocycles. The molecule has 0 aliphatic rings. The van der Waals surface area contributed by atoms with Crippen molar-refractivity contribution in [3.8, 4) is 11.5 Å². The van der Waals surface area contributed by atoms with Crippen LogP contribution in [0.25, 0.3) is 17.1 Å². The predicted molar refractivity (Wildman–Crippen MR) is 97.8 cm³/mol. The molecule has 0 saturated heterocycles. The Hall–Kier alpha value is -3.14. The number of para-hydroxylation sites is 1. The van der Waals surface area contributed by atoms with Crippen LogP contribution in [0.5, 0.6) is 0 Å². The summed E-state index contributed by atoms with van der Waals surface area (Å²) >= 11 is 3.16. The summed E-state index contributed by atoms with van der Waals surface area (Å²) in [7, 11) is 0. The monoisotopic (exact) mass is 450 g/mol. The maximum absolute atomic E-state index is 13.6. The molecule has 3 heterocycles. The Balaban J connectivity index is 1.86.